The van der Waals surface area contributed by atoms with Crippen LogP contribution in [0.3, 0.4) is 0 Å². The summed E-state index contributed by atoms with van der Waals surface area (Å²) in [5.41, 5.74) is 6.03. The third kappa shape index (κ3) is 3.84. The minimum atomic E-state index is -3.57. The first-order chi connectivity index (χ1) is 8.92. The maximum Gasteiger partial charge on any atom is 0.242 e. The van der Waals surface area contributed by atoms with Gasteiger partial charge in [-0.25, -0.2) is 13.1 Å². The molecule has 0 spiro atoms. The summed E-state index contributed by atoms with van der Waals surface area (Å²) < 4.78 is 27.3. The Labute approximate surface area is 119 Å². The highest BCUT2D eigenvalue weighted by atomic mass is 35.5. The van der Waals surface area contributed by atoms with Crippen molar-refractivity contribution in [3.8, 4) is 0 Å². The van der Waals surface area contributed by atoms with Crippen LogP contribution in [0.15, 0.2) is 23.1 Å². The molecule has 0 heterocycles. The molecule has 1 aromatic carbocycles. The van der Waals surface area contributed by atoms with E-state index in [4.69, 9.17) is 17.3 Å². The molecule has 0 radical (unpaired) electrons. The van der Waals surface area contributed by atoms with Crippen molar-refractivity contribution in [1.82, 2.24) is 4.72 Å². The van der Waals surface area contributed by atoms with Crippen molar-refractivity contribution < 1.29 is 8.42 Å². The Bertz CT molecular complexity index is 556. The Morgan fingerprint density at radius 3 is 2.68 bits per heavy atom. The minimum Gasteiger partial charge on any atom is -0.399 e. The summed E-state index contributed by atoms with van der Waals surface area (Å²) in [6.45, 7) is 1.99. The second kappa shape index (κ2) is 5.69. The largest absolute Gasteiger partial charge is 0.399 e. The summed E-state index contributed by atoms with van der Waals surface area (Å²) in [5.74, 6) is 0.675. The molecule has 106 valence electrons. The van der Waals surface area contributed by atoms with Gasteiger partial charge in [0.1, 0.15) is 4.90 Å². The summed E-state index contributed by atoms with van der Waals surface area (Å²) in [6, 6.07) is 4.43. The van der Waals surface area contributed by atoms with Crippen LogP contribution in [0, 0.1) is 5.92 Å². The molecule has 19 heavy (non-hydrogen) atoms. The van der Waals surface area contributed by atoms with Crippen LogP contribution in [0.25, 0.3) is 0 Å². The average Bonchev–Trinajstić information content (AvgIpc) is 3.11. The first-order valence-electron chi connectivity index (χ1n) is 6.49. The van der Waals surface area contributed by atoms with Gasteiger partial charge in [-0.15, -0.1) is 0 Å². The second-order valence-corrected chi connectivity index (χ2v) is 7.18. The van der Waals surface area contributed by atoms with Gasteiger partial charge in [-0.1, -0.05) is 31.4 Å². The fourth-order valence-corrected chi connectivity index (χ4v) is 3.96. The van der Waals surface area contributed by atoms with Gasteiger partial charge in [0.15, 0.2) is 0 Å². The quantitative estimate of drug-likeness (QED) is 0.794. The molecule has 1 aromatic rings. The Balaban J connectivity index is 2.15. The Morgan fingerprint density at radius 2 is 2.16 bits per heavy atom. The zero-order valence-electron chi connectivity index (χ0n) is 10.9. The van der Waals surface area contributed by atoms with Gasteiger partial charge < -0.3 is 5.73 Å². The summed E-state index contributed by atoms with van der Waals surface area (Å²) in [6.07, 6.45) is 4.10. The molecule has 1 unspecified atom stereocenters. The highest BCUT2D eigenvalue weighted by molar-refractivity contribution is 7.89. The lowest BCUT2D eigenvalue weighted by Crippen LogP contribution is -2.34. The van der Waals surface area contributed by atoms with Crippen molar-refractivity contribution in [3.05, 3.63) is 23.2 Å². The molecule has 1 saturated carbocycles. The van der Waals surface area contributed by atoms with Crippen LogP contribution in [0.2, 0.25) is 5.02 Å². The van der Waals surface area contributed by atoms with E-state index in [0.29, 0.717) is 11.6 Å². The van der Waals surface area contributed by atoms with Crippen molar-refractivity contribution in [2.45, 2.75) is 43.5 Å². The molecule has 1 aliphatic rings. The van der Waals surface area contributed by atoms with Gasteiger partial charge in [0.05, 0.1) is 5.02 Å². The van der Waals surface area contributed by atoms with E-state index in [9.17, 15) is 8.42 Å². The lowest BCUT2D eigenvalue weighted by molar-refractivity contribution is 0.495. The Hall–Kier alpha value is -0.780. The molecule has 2 rings (SSSR count). The van der Waals surface area contributed by atoms with Crippen molar-refractivity contribution in [1.29, 1.82) is 0 Å². The van der Waals surface area contributed by atoms with Gasteiger partial charge in [0, 0.05) is 11.7 Å². The maximum absolute atomic E-state index is 12.3. The van der Waals surface area contributed by atoms with Crippen LogP contribution >= 0.6 is 11.6 Å². The smallest absolute Gasteiger partial charge is 0.242 e. The van der Waals surface area contributed by atoms with Gasteiger partial charge in [-0.2, -0.15) is 0 Å². The number of hydrogen-bond donors (Lipinski definition) is 2. The number of rotatable bonds is 6. The molecule has 0 aliphatic heterocycles. The predicted molar refractivity (Wildman–Crippen MR) is 77.6 cm³/mol. The monoisotopic (exact) mass is 302 g/mol. The molecule has 1 fully saturated rings. The normalized spacial score (nSPS) is 17.4. The highest BCUT2D eigenvalue weighted by Gasteiger charge is 2.28. The van der Waals surface area contributed by atoms with Crippen LogP contribution in [0.5, 0.6) is 0 Å². The van der Waals surface area contributed by atoms with E-state index in [1.165, 1.54) is 25.0 Å². The summed E-state index contributed by atoms with van der Waals surface area (Å²) in [7, 11) is -3.57. The number of hydrogen-bond acceptors (Lipinski definition) is 3. The van der Waals surface area contributed by atoms with Crippen LogP contribution in [0.4, 0.5) is 5.69 Å². The highest BCUT2D eigenvalue weighted by Crippen LogP contribution is 2.34. The molecule has 0 amide bonds. The van der Waals surface area contributed by atoms with Crippen molar-refractivity contribution in [3.63, 3.8) is 0 Å². The number of anilines is 1. The number of halogens is 1. The molecule has 0 bridgehead atoms. The zero-order valence-corrected chi connectivity index (χ0v) is 12.5. The van der Waals surface area contributed by atoms with Gasteiger partial charge >= 0.3 is 0 Å². The van der Waals surface area contributed by atoms with Crippen LogP contribution < -0.4 is 10.5 Å². The molecule has 0 saturated heterocycles. The fourth-order valence-electron chi connectivity index (χ4n) is 2.07. The number of benzene rings is 1. The van der Waals surface area contributed by atoms with E-state index in [2.05, 4.69) is 4.72 Å². The first-order valence-corrected chi connectivity index (χ1v) is 8.36. The summed E-state index contributed by atoms with van der Waals surface area (Å²) >= 11 is 5.96. The minimum absolute atomic E-state index is 0.0221. The van der Waals surface area contributed by atoms with Crippen LogP contribution in [0.1, 0.15) is 32.6 Å². The number of nitrogens with one attached hydrogen (secondary N) is 1. The standard InChI is InChI=1S/C13H19ClN2O2S/c1-2-11(7-9-3-4-9)16-19(17,18)13-6-5-10(15)8-12(13)14/h5-6,8-9,11,16H,2-4,7,15H2,1H3. The zero-order chi connectivity index (χ0) is 14.0. The topological polar surface area (TPSA) is 72.2 Å². The Kier molecular flexibility index (Phi) is 4.38. The molecule has 6 heteroatoms. The summed E-state index contributed by atoms with van der Waals surface area (Å²) in [5, 5.41) is 0.161. The number of sulfonamides is 1. The van der Waals surface area contributed by atoms with Gasteiger partial charge in [-0.3, -0.25) is 0 Å². The van der Waals surface area contributed by atoms with E-state index < -0.39 is 10.0 Å². The molecule has 1 atom stereocenters. The van der Waals surface area contributed by atoms with E-state index >= 15 is 0 Å². The molecular weight excluding hydrogens is 284 g/mol. The van der Waals surface area contributed by atoms with Gasteiger partial charge in [0.25, 0.3) is 0 Å². The predicted octanol–water partition coefficient (Wildman–Crippen LogP) is 2.78. The Morgan fingerprint density at radius 1 is 1.47 bits per heavy atom. The maximum atomic E-state index is 12.3. The molecule has 0 aromatic heterocycles. The lowest BCUT2D eigenvalue weighted by Gasteiger charge is -2.17. The van der Waals surface area contributed by atoms with E-state index in [0.717, 1.165) is 12.8 Å². The van der Waals surface area contributed by atoms with Crippen molar-refractivity contribution >= 4 is 27.3 Å². The van der Waals surface area contributed by atoms with Gasteiger partial charge in [-0.05, 0) is 37.0 Å². The third-order valence-corrected chi connectivity index (χ3v) is 5.38. The second-order valence-electron chi connectivity index (χ2n) is 5.10. The van der Waals surface area contributed by atoms with E-state index in [1.807, 2.05) is 6.92 Å². The number of nitrogen functional groups attached to an aromatic ring is 1. The van der Waals surface area contributed by atoms with Crippen molar-refractivity contribution in [2.24, 2.45) is 5.92 Å². The van der Waals surface area contributed by atoms with E-state index in [-0.39, 0.29) is 16.0 Å². The van der Waals surface area contributed by atoms with Crippen LogP contribution in [-0.2, 0) is 10.0 Å². The van der Waals surface area contributed by atoms with Crippen LogP contribution in [-0.4, -0.2) is 14.5 Å². The third-order valence-electron chi connectivity index (χ3n) is 3.37. The summed E-state index contributed by atoms with van der Waals surface area (Å²) in [4.78, 5) is 0.0950. The molecule has 3 N–H and O–H groups in total. The average molecular weight is 303 g/mol. The first kappa shape index (κ1) is 14.6. The number of nitrogens with two attached hydrogens (primary N) is 1. The molecular formula is C13H19ClN2O2S. The molecule has 4 nitrogen and oxygen atoms in total. The van der Waals surface area contributed by atoms with Crippen molar-refractivity contribution in [2.75, 3.05) is 5.73 Å². The lowest BCUT2D eigenvalue weighted by atomic mass is 10.1. The molecule has 1 aliphatic carbocycles. The van der Waals surface area contributed by atoms with Gasteiger partial charge in [0.2, 0.25) is 10.0 Å². The SMILES string of the molecule is CCC(CC1CC1)NS(=O)(=O)c1ccc(N)cc1Cl. The van der Waals surface area contributed by atoms with E-state index in [1.54, 1.807) is 6.07 Å². The fraction of sp³-hybridized carbons (Fsp3) is 0.538.